The number of nitro benzene ring substituents is 1. The molecule has 0 unspecified atom stereocenters. The lowest BCUT2D eigenvalue weighted by Gasteiger charge is -2.36. The van der Waals surface area contributed by atoms with E-state index in [-0.39, 0.29) is 11.2 Å². The van der Waals surface area contributed by atoms with Gasteiger partial charge in [-0.1, -0.05) is 18.3 Å². The van der Waals surface area contributed by atoms with Crippen LogP contribution in [-0.2, 0) is 12.6 Å². The number of aromatic nitrogens is 3. The number of aryl methyl sites for hydroxylation is 1. The van der Waals surface area contributed by atoms with Crippen molar-refractivity contribution in [2.45, 2.75) is 25.9 Å². The predicted octanol–water partition coefficient (Wildman–Crippen LogP) is 3.36. The number of alkyl halides is 3. The fourth-order valence-electron chi connectivity index (χ4n) is 3.61. The van der Waals surface area contributed by atoms with E-state index in [0.29, 0.717) is 43.0 Å². The number of rotatable bonds is 5. The fourth-order valence-corrected chi connectivity index (χ4v) is 4.60. The maximum absolute atomic E-state index is 13.0. The molecule has 32 heavy (non-hydrogen) atoms. The number of halogens is 3. The summed E-state index contributed by atoms with van der Waals surface area (Å²) in [6, 6.07) is 3.96. The molecule has 0 amide bonds. The molecule has 0 radical (unpaired) electrons. The van der Waals surface area contributed by atoms with Crippen LogP contribution in [0.15, 0.2) is 29.1 Å². The van der Waals surface area contributed by atoms with Crippen molar-refractivity contribution in [2.24, 2.45) is 0 Å². The monoisotopic (exact) mass is 468 g/mol. The lowest BCUT2D eigenvalue weighted by molar-refractivity contribution is -0.384. The van der Waals surface area contributed by atoms with Crippen LogP contribution in [0.3, 0.4) is 0 Å². The number of anilines is 2. The molecule has 13 heteroatoms. The van der Waals surface area contributed by atoms with Gasteiger partial charge in [-0.3, -0.25) is 14.9 Å². The second kappa shape index (κ2) is 8.37. The van der Waals surface area contributed by atoms with E-state index in [2.05, 4.69) is 10.1 Å². The molecule has 2 aromatic heterocycles. The van der Waals surface area contributed by atoms with Gasteiger partial charge in [0.05, 0.1) is 10.5 Å². The second-order valence-corrected chi connectivity index (χ2v) is 8.37. The molecule has 4 rings (SSSR count). The van der Waals surface area contributed by atoms with E-state index in [4.69, 9.17) is 0 Å². The largest absolute Gasteiger partial charge is 0.416 e. The SMILES string of the molecule is CCCc1nn2c(=O)cc(N3CCN(c4ccc(C(F)(F)F)cc4[N+](=O)[O-])CC3)nc2s1. The summed E-state index contributed by atoms with van der Waals surface area (Å²) in [5, 5.41) is 16.5. The van der Waals surface area contributed by atoms with Crippen molar-refractivity contribution in [1.82, 2.24) is 14.6 Å². The minimum atomic E-state index is -4.66. The van der Waals surface area contributed by atoms with Crippen molar-refractivity contribution in [1.29, 1.82) is 0 Å². The lowest BCUT2D eigenvalue weighted by atomic mass is 10.1. The Morgan fingerprint density at radius 1 is 1.16 bits per heavy atom. The maximum atomic E-state index is 13.0. The van der Waals surface area contributed by atoms with Crippen LogP contribution in [0.4, 0.5) is 30.4 Å². The summed E-state index contributed by atoms with van der Waals surface area (Å²) >= 11 is 1.36. The van der Waals surface area contributed by atoms with Crippen molar-refractivity contribution in [3.05, 3.63) is 55.3 Å². The Bertz CT molecular complexity index is 1220. The van der Waals surface area contributed by atoms with Crippen LogP contribution in [-0.4, -0.2) is 45.7 Å². The van der Waals surface area contributed by atoms with Crippen molar-refractivity contribution >= 4 is 33.5 Å². The summed E-state index contributed by atoms with van der Waals surface area (Å²) < 4.78 is 40.1. The molecule has 3 heterocycles. The van der Waals surface area contributed by atoms with Crippen LogP contribution in [0, 0.1) is 10.1 Å². The highest BCUT2D eigenvalue weighted by atomic mass is 32.1. The van der Waals surface area contributed by atoms with Crippen molar-refractivity contribution in [3.63, 3.8) is 0 Å². The third-order valence-corrected chi connectivity index (χ3v) is 6.15. The number of piperazine rings is 1. The highest BCUT2D eigenvalue weighted by Gasteiger charge is 2.34. The molecular formula is C19H19F3N6O3S. The van der Waals surface area contributed by atoms with Gasteiger partial charge in [-0.2, -0.15) is 22.8 Å². The van der Waals surface area contributed by atoms with Crippen LogP contribution < -0.4 is 15.4 Å². The first kappa shape index (κ1) is 22.0. The van der Waals surface area contributed by atoms with Crippen LogP contribution in [0.5, 0.6) is 0 Å². The first-order valence-electron chi connectivity index (χ1n) is 9.92. The number of benzene rings is 1. The molecule has 9 nitrogen and oxygen atoms in total. The zero-order valence-electron chi connectivity index (χ0n) is 17.0. The van der Waals surface area contributed by atoms with Gasteiger partial charge < -0.3 is 9.80 Å². The lowest BCUT2D eigenvalue weighted by Crippen LogP contribution is -2.47. The number of nitro groups is 1. The van der Waals surface area contributed by atoms with E-state index >= 15 is 0 Å². The summed E-state index contributed by atoms with van der Waals surface area (Å²) in [5.74, 6) is 0.489. The van der Waals surface area contributed by atoms with Gasteiger partial charge in [0.2, 0.25) is 4.96 Å². The first-order valence-corrected chi connectivity index (χ1v) is 10.7. The molecule has 170 valence electrons. The van der Waals surface area contributed by atoms with Gasteiger partial charge in [0.25, 0.3) is 11.2 Å². The second-order valence-electron chi connectivity index (χ2n) is 7.33. The van der Waals surface area contributed by atoms with Gasteiger partial charge in [0.15, 0.2) is 0 Å². The molecule has 1 aromatic carbocycles. The summed E-state index contributed by atoms with van der Waals surface area (Å²) in [4.78, 5) is 31.6. The standard InChI is InChI=1S/C19H19F3N6O3S/c1-2-3-16-24-27-17(29)11-15(23-18(27)32-16)26-8-6-25(7-9-26)13-5-4-12(19(20,21)22)10-14(13)28(30)31/h4-5,10-11H,2-3,6-9H2,1H3. The number of hydrogen-bond acceptors (Lipinski definition) is 8. The van der Waals surface area contributed by atoms with Crippen LogP contribution >= 0.6 is 11.3 Å². The van der Waals surface area contributed by atoms with Crippen LogP contribution in [0.25, 0.3) is 4.96 Å². The molecule has 3 aromatic rings. The third kappa shape index (κ3) is 4.24. The Morgan fingerprint density at radius 2 is 1.84 bits per heavy atom. The Morgan fingerprint density at radius 3 is 2.47 bits per heavy atom. The summed E-state index contributed by atoms with van der Waals surface area (Å²) in [6.45, 7) is 3.49. The van der Waals surface area contributed by atoms with Crippen molar-refractivity contribution < 1.29 is 18.1 Å². The molecule has 0 aliphatic carbocycles. The van der Waals surface area contributed by atoms with Gasteiger partial charge in [0, 0.05) is 44.7 Å². The van der Waals surface area contributed by atoms with E-state index in [1.165, 1.54) is 21.9 Å². The fraction of sp³-hybridized carbons (Fsp3) is 0.421. The normalized spacial score (nSPS) is 14.9. The Balaban J connectivity index is 1.55. The van der Waals surface area contributed by atoms with E-state index < -0.39 is 22.4 Å². The first-order chi connectivity index (χ1) is 15.2. The zero-order valence-corrected chi connectivity index (χ0v) is 17.8. The Labute approximate surface area is 183 Å². The molecule has 0 N–H and O–H groups in total. The van der Waals surface area contributed by atoms with Gasteiger partial charge in [-0.15, -0.1) is 0 Å². The Kier molecular flexibility index (Phi) is 5.75. The van der Waals surface area contributed by atoms with Gasteiger partial charge in [-0.05, 0) is 18.6 Å². The predicted molar refractivity (Wildman–Crippen MR) is 114 cm³/mol. The molecule has 1 fully saturated rings. The van der Waals surface area contributed by atoms with Gasteiger partial charge in [0.1, 0.15) is 16.5 Å². The van der Waals surface area contributed by atoms with Crippen LogP contribution in [0.1, 0.15) is 23.9 Å². The average Bonchev–Trinajstić information content (AvgIpc) is 3.16. The minimum absolute atomic E-state index is 0.137. The number of nitrogens with zero attached hydrogens (tertiary/aromatic N) is 6. The maximum Gasteiger partial charge on any atom is 0.416 e. The van der Waals surface area contributed by atoms with Crippen LogP contribution in [0.2, 0.25) is 0 Å². The minimum Gasteiger partial charge on any atom is -0.362 e. The number of fused-ring (bicyclic) bond motifs is 1. The highest BCUT2D eigenvalue weighted by molar-refractivity contribution is 7.16. The third-order valence-electron chi connectivity index (χ3n) is 5.18. The van der Waals surface area contributed by atoms with Crippen molar-refractivity contribution in [3.8, 4) is 0 Å². The van der Waals surface area contributed by atoms with E-state index in [9.17, 15) is 28.1 Å². The molecule has 0 saturated carbocycles. The quantitative estimate of drug-likeness (QED) is 0.418. The molecular weight excluding hydrogens is 449 g/mol. The Hall–Kier alpha value is -3.22. The smallest absolute Gasteiger partial charge is 0.362 e. The molecule has 1 aliphatic rings. The van der Waals surface area contributed by atoms with Crippen molar-refractivity contribution in [2.75, 3.05) is 36.0 Å². The summed E-state index contributed by atoms with van der Waals surface area (Å²) in [5.41, 5.74) is -1.79. The molecule has 0 bridgehead atoms. The van der Waals surface area contributed by atoms with E-state index in [0.717, 1.165) is 30.0 Å². The molecule has 1 saturated heterocycles. The van der Waals surface area contributed by atoms with Gasteiger partial charge in [-0.25, -0.2) is 4.98 Å². The summed E-state index contributed by atoms with van der Waals surface area (Å²) in [7, 11) is 0. The summed E-state index contributed by atoms with van der Waals surface area (Å²) in [6.07, 6.45) is -3.00. The number of hydrogen-bond donors (Lipinski definition) is 0. The molecule has 0 atom stereocenters. The zero-order chi connectivity index (χ0) is 23.0. The average molecular weight is 468 g/mol. The molecule has 1 aliphatic heterocycles. The van der Waals surface area contributed by atoms with E-state index in [1.807, 2.05) is 11.8 Å². The van der Waals surface area contributed by atoms with Gasteiger partial charge >= 0.3 is 6.18 Å². The van der Waals surface area contributed by atoms with E-state index in [1.54, 1.807) is 4.90 Å². The topological polar surface area (TPSA) is 96.9 Å². The molecule has 0 spiro atoms. The highest BCUT2D eigenvalue weighted by Crippen LogP contribution is 2.37.